The highest BCUT2D eigenvalue weighted by Gasteiger charge is 2.09. The molecule has 0 unspecified atom stereocenters. The molecule has 1 heterocycles. The summed E-state index contributed by atoms with van der Waals surface area (Å²) in [5.74, 6) is 1.12. The van der Waals surface area contributed by atoms with Crippen molar-refractivity contribution in [3.8, 4) is 16.7 Å². The Balaban J connectivity index is 2.23. The zero-order valence-corrected chi connectivity index (χ0v) is 9.49. The number of aromatic nitrogens is 2. The molecule has 0 aliphatic heterocycles. The zero-order valence-electron chi connectivity index (χ0n) is 8.67. The Kier molecular flexibility index (Phi) is 2.91. The van der Waals surface area contributed by atoms with Gasteiger partial charge in [0, 0.05) is 18.0 Å². The van der Waals surface area contributed by atoms with Gasteiger partial charge in [0.05, 0.1) is 0 Å². The third-order valence-electron chi connectivity index (χ3n) is 2.01. The molecule has 0 radical (unpaired) electrons. The number of phenolic OH excluding ortho intramolecular Hbond substituents is 1. The number of rotatable bonds is 3. The summed E-state index contributed by atoms with van der Waals surface area (Å²) >= 11 is 1.16. The summed E-state index contributed by atoms with van der Waals surface area (Å²) in [6, 6.07) is 4.82. The molecule has 0 aliphatic rings. The molecule has 0 amide bonds. The summed E-state index contributed by atoms with van der Waals surface area (Å²) in [6.45, 7) is 1.97. The molecule has 1 aromatic heterocycles. The second-order valence-electron chi connectivity index (χ2n) is 3.12. The molecule has 2 rings (SSSR count). The first kappa shape index (κ1) is 10.7. The van der Waals surface area contributed by atoms with E-state index in [-0.39, 0.29) is 11.4 Å². The maximum absolute atomic E-state index is 9.39. The van der Waals surface area contributed by atoms with Gasteiger partial charge in [0.25, 0.3) is 5.19 Å². The molecule has 6 heteroatoms. The van der Waals surface area contributed by atoms with Crippen LogP contribution in [0.1, 0.15) is 12.7 Å². The van der Waals surface area contributed by atoms with Crippen LogP contribution in [0.5, 0.6) is 16.7 Å². The Labute approximate surface area is 96.7 Å². The van der Waals surface area contributed by atoms with E-state index in [4.69, 9.17) is 10.5 Å². The lowest BCUT2D eigenvalue weighted by Gasteiger charge is -2.05. The largest absolute Gasteiger partial charge is 0.506 e. The summed E-state index contributed by atoms with van der Waals surface area (Å²) in [7, 11) is 0. The maximum atomic E-state index is 9.39. The van der Waals surface area contributed by atoms with E-state index in [2.05, 4.69) is 9.36 Å². The van der Waals surface area contributed by atoms with Crippen LogP contribution in [0, 0.1) is 0 Å². The van der Waals surface area contributed by atoms with Crippen molar-refractivity contribution in [2.45, 2.75) is 13.3 Å². The van der Waals surface area contributed by atoms with Crippen molar-refractivity contribution in [1.82, 2.24) is 9.36 Å². The van der Waals surface area contributed by atoms with Crippen molar-refractivity contribution < 1.29 is 9.84 Å². The molecule has 1 aromatic carbocycles. The van der Waals surface area contributed by atoms with Gasteiger partial charge < -0.3 is 15.6 Å². The SMILES string of the molecule is CCc1nsc(Oc2cccc(O)c2N)n1. The van der Waals surface area contributed by atoms with E-state index >= 15 is 0 Å². The van der Waals surface area contributed by atoms with Crippen LogP contribution in [0.25, 0.3) is 0 Å². The number of para-hydroxylation sites is 1. The fraction of sp³-hybridized carbons (Fsp3) is 0.200. The molecule has 3 N–H and O–H groups in total. The first-order chi connectivity index (χ1) is 7.70. The molecule has 0 saturated heterocycles. The molecule has 0 spiro atoms. The van der Waals surface area contributed by atoms with Gasteiger partial charge in [-0.25, -0.2) is 0 Å². The Bertz CT molecular complexity index is 499. The minimum absolute atomic E-state index is 0.00210. The molecule has 16 heavy (non-hydrogen) atoms. The third-order valence-corrected chi connectivity index (χ3v) is 2.64. The summed E-state index contributed by atoms with van der Waals surface area (Å²) in [5, 5.41) is 9.82. The van der Waals surface area contributed by atoms with Gasteiger partial charge in [-0.15, -0.1) is 0 Å². The Morgan fingerprint density at radius 3 is 3.00 bits per heavy atom. The van der Waals surface area contributed by atoms with E-state index < -0.39 is 0 Å². The van der Waals surface area contributed by atoms with Crippen molar-refractivity contribution in [1.29, 1.82) is 0 Å². The number of benzene rings is 1. The van der Waals surface area contributed by atoms with E-state index in [0.717, 1.165) is 23.8 Å². The quantitative estimate of drug-likeness (QED) is 0.631. The van der Waals surface area contributed by atoms with Gasteiger partial charge in [0.2, 0.25) is 0 Å². The molecular formula is C10H11N3O2S. The predicted octanol–water partition coefficient (Wildman–Crippen LogP) is 2.18. The Hall–Kier alpha value is -1.82. The number of hydrogen-bond acceptors (Lipinski definition) is 6. The van der Waals surface area contributed by atoms with Crippen LogP contribution in [-0.4, -0.2) is 14.5 Å². The second kappa shape index (κ2) is 4.36. The van der Waals surface area contributed by atoms with Crippen LogP contribution in [0.15, 0.2) is 18.2 Å². The summed E-state index contributed by atoms with van der Waals surface area (Å²) in [5.41, 5.74) is 5.86. The smallest absolute Gasteiger partial charge is 0.298 e. The van der Waals surface area contributed by atoms with Crippen LogP contribution in [-0.2, 0) is 6.42 Å². The first-order valence-corrected chi connectivity index (χ1v) is 5.56. The molecule has 0 fully saturated rings. The molecule has 0 atom stereocenters. The normalized spacial score (nSPS) is 10.3. The highest BCUT2D eigenvalue weighted by atomic mass is 32.1. The molecule has 0 bridgehead atoms. The minimum atomic E-state index is -0.00210. The number of nitrogen functional groups attached to an aromatic ring is 1. The summed E-state index contributed by atoms with van der Waals surface area (Å²) in [6.07, 6.45) is 0.759. The van der Waals surface area contributed by atoms with Crippen LogP contribution in [0.4, 0.5) is 5.69 Å². The average molecular weight is 237 g/mol. The van der Waals surface area contributed by atoms with Crippen molar-refractivity contribution in [2.24, 2.45) is 0 Å². The van der Waals surface area contributed by atoms with Gasteiger partial charge in [-0.1, -0.05) is 13.0 Å². The highest BCUT2D eigenvalue weighted by molar-refractivity contribution is 7.07. The first-order valence-electron chi connectivity index (χ1n) is 4.78. The van der Waals surface area contributed by atoms with Crippen LogP contribution in [0.3, 0.4) is 0 Å². The maximum Gasteiger partial charge on any atom is 0.298 e. The molecule has 84 valence electrons. The van der Waals surface area contributed by atoms with Gasteiger partial charge in [-0.05, 0) is 12.1 Å². The van der Waals surface area contributed by atoms with E-state index in [1.54, 1.807) is 12.1 Å². The summed E-state index contributed by atoms with van der Waals surface area (Å²) in [4.78, 5) is 4.14. The number of aromatic hydroxyl groups is 1. The van der Waals surface area contributed by atoms with E-state index in [9.17, 15) is 5.11 Å². The lowest BCUT2D eigenvalue weighted by molar-refractivity contribution is 0.457. The van der Waals surface area contributed by atoms with E-state index in [1.165, 1.54) is 6.07 Å². The average Bonchev–Trinajstić information content (AvgIpc) is 2.73. The fourth-order valence-electron chi connectivity index (χ4n) is 1.14. The molecular weight excluding hydrogens is 226 g/mol. The van der Waals surface area contributed by atoms with Gasteiger partial charge in [-0.3, -0.25) is 0 Å². The number of anilines is 1. The highest BCUT2D eigenvalue weighted by Crippen LogP contribution is 2.33. The Morgan fingerprint density at radius 1 is 1.50 bits per heavy atom. The summed E-state index contributed by atoms with van der Waals surface area (Å²) < 4.78 is 9.52. The lowest BCUT2D eigenvalue weighted by atomic mass is 10.3. The molecule has 5 nitrogen and oxygen atoms in total. The fourth-order valence-corrected chi connectivity index (χ4v) is 1.77. The number of phenols is 1. The van der Waals surface area contributed by atoms with Crippen LogP contribution < -0.4 is 10.5 Å². The van der Waals surface area contributed by atoms with Crippen molar-refractivity contribution in [3.63, 3.8) is 0 Å². The third kappa shape index (κ3) is 2.06. The minimum Gasteiger partial charge on any atom is -0.506 e. The van der Waals surface area contributed by atoms with Crippen LogP contribution >= 0.6 is 11.5 Å². The van der Waals surface area contributed by atoms with E-state index in [0.29, 0.717) is 10.9 Å². The van der Waals surface area contributed by atoms with Gasteiger partial charge in [-0.2, -0.15) is 9.36 Å². The van der Waals surface area contributed by atoms with Gasteiger partial charge >= 0.3 is 0 Å². The zero-order chi connectivity index (χ0) is 11.5. The number of hydrogen-bond donors (Lipinski definition) is 2. The van der Waals surface area contributed by atoms with E-state index in [1.807, 2.05) is 6.92 Å². The predicted molar refractivity (Wildman–Crippen MR) is 61.9 cm³/mol. The number of aryl methyl sites for hydroxylation is 1. The molecule has 0 saturated carbocycles. The molecule has 0 aliphatic carbocycles. The van der Waals surface area contributed by atoms with Gasteiger partial charge in [0.15, 0.2) is 5.75 Å². The number of ether oxygens (including phenoxy) is 1. The lowest BCUT2D eigenvalue weighted by Crippen LogP contribution is -1.92. The monoisotopic (exact) mass is 237 g/mol. The number of nitrogens with two attached hydrogens (primary N) is 1. The van der Waals surface area contributed by atoms with Crippen LogP contribution in [0.2, 0.25) is 0 Å². The van der Waals surface area contributed by atoms with Crippen molar-refractivity contribution in [2.75, 3.05) is 5.73 Å². The molecule has 2 aromatic rings. The standard InChI is InChI=1S/C10H11N3O2S/c1-2-8-12-10(16-13-8)15-7-5-3-4-6(14)9(7)11/h3-5,14H,2,11H2,1H3. The number of nitrogens with zero attached hydrogens (tertiary/aromatic N) is 2. The van der Waals surface area contributed by atoms with Crippen molar-refractivity contribution in [3.05, 3.63) is 24.0 Å². The van der Waals surface area contributed by atoms with Crippen molar-refractivity contribution >= 4 is 17.2 Å². The Morgan fingerprint density at radius 2 is 2.31 bits per heavy atom. The topological polar surface area (TPSA) is 81.3 Å². The second-order valence-corrected chi connectivity index (χ2v) is 3.84. The van der Waals surface area contributed by atoms with Gasteiger partial charge in [0.1, 0.15) is 17.3 Å².